The van der Waals surface area contributed by atoms with E-state index in [0.717, 1.165) is 24.9 Å². The van der Waals surface area contributed by atoms with Gasteiger partial charge in [-0.15, -0.1) is 0 Å². The van der Waals surface area contributed by atoms with E-state index in [0.29, 0.717) is 5.69 Å². The summed E-state index contributed by atoms with van der Waals surface area (Å²) in [6, 6.07) is 10.9. The van der Waals surface area contributed by atoms with Crippen LogP contribution in [0.15, 0.2) is 47.4 Å². The lowest BCUT2D eigenvalue weighted by Crippen LogP contribution is -2.20. The molecule has 2 aromatic rings. The van der Waals surface area contributed by atoms with E-state index >= 15 is 0 Å². The van der Waals surface area contributed by atoms with Crippen LogP contribution in [-0.2, 0) is 16.4 Å². The molecule has 2 aromatic carbocycles. The van der Waals surface area contributed by atoms with Gasteiger partial charge in [0.15, 0.2) is 0 Å². The van der Waals surface area contributed by atoms with Crippen molar-refractivity contribution in [3.63, 3.8) is 0 Å². The molecule has 0 radical (unpaired) electrons. The number of hydrogen-bond donors (Lipinski definition) is 2. The van der Waals surface area contributed by atoms with Crippen LogP contribution >= 0.6 is 0 Å². The zero-order chi connectivity index (χ0) is 14.9. The van der Waals surface area contributed by atoms with Crippen molar-refractivity contribution < 1.29 is 12.8 Å². The number of para-hydroxylation sites is 2. The van der Waals surface area contributed by atoms with Gasteiger partial charge < -0.3 is 5.32 Å². The molecule has 1 aliphatic heterocycles. The van der Waals surface area contributed by atoms with Gasteiger partial charge in [-0.05, 0) is 36.6 Å². The standard InChI is InChI=1S/C15H15FN2O2S/c16-12-7-1-2-8-13(12)18-21(19,20)14-9-3-5-11-6-4-10-17-15(11)14/h1-3,5,7-9,17-18H,4,6,10H2. The summed E-state index contributed by atoms with van der Waals surface area (Å²) in [5, 5.41) is 3.12. The molecule has 0 bridgehead atoms. The van der Waals surface area contributed by atoms with Crippen LogP contribution in [0.3, 0.4) is 0 Å². The number of fused-ring (bicyclic) bond motifs is 1. The third kappa shape index (κ3) is 2.71. The fraction of sp³-hybridized carbons (Fsp3) is 0.200. The number of hydrogen-bond acceptors (Lipinski definition) is 3. The fourth-order valence-corrected chi connectivity index (χ4v) is 3.74. The topological polar surface area (TPSA) is 58.2 Å². The van der Waals surface area contributed by atoms with Crippen LogP contribution in [0, 0.1) is 5.82 Å². The Labute approximate surface area is 123 Å². The van der Waals surface area contributed by atoms with Crippen molar-refractivity contribution in [2.24, 2.45) is 0 Å². The quantitative estimate of drug-likeness (QED) is 0.916. The second kappa shape index (κ2) is 5.37. The van der Waals surface area contributed by atoms with Crippen LogP contribution in [0.4, 0.5) is 15.8 Å². The highest BCUT2D eigenvalue weighted by molar-refractivity contribution is 7.92. The predicted molar refractivity (Wildman–Crippen MR) is 80.5 cm³/mol. The lowest BCUT2D eigenvalue weighted by atomic mass is 10.0. The van der Waals surface area contributed by atoms with Crippen molar-refractivity contribution in [2.45, 2.75) is 17.7 Å². The van der Waals surface area contributed by atoms with E-state index in [1.54, 1.807) is 12.1 Å². The molecular weight excluding hydrogens is 291 g/mol. The molecule has 4 nitrogen and oxygen atoms in total. The minimum Gasteiger partial charge on any atom is -0.384 e. The SMILES string of the molecule is O=S(=O)(Nc1ccccc1F)c1cccc2c1NCCC2. The number of rotatable bonds is 3. The zero-order valence-electron chi connectivity index (χ0n) is 11.3. The maximum Gasteiger partial charge on any atom is 0.264 e. The lowest BCUT2D eigenvalue weighted by Gasteiger charge is -2.21. The van der Waals surface area contributed by atoms with Crippen LogP contribution in [-0.4, -0.2) is 15.0 Å². The van der Waals surface area contributed by atoms with Gasteiger partial charge in [0.05, 0.1) is 11.4 Å². The average molecular weight is 306 g/mol. The molecule has 6 heteroatoms. The van der Waals surface area contributed by atoms with Gasteiger partial charge in [-0.25, -0.2) is 12.8 Å². The molecule has 0 aromatic heterocycles. The number of anilines is 2. The summed E-state index contributed by atoms with van der Waals surface area (Å²) < 4.78 is 41.0. The maximum atomic E-state index is 13.6. The first-order valence-electron chi connectivity index (χ1n) is 6.71. The Kier molecular flexibility index (Phi) is 3.55. The first-order valence-corrected chi connectivity index (χ1v) is 8.19. The summed E-state index contributed by atoms with van der Waals surface area (Å²) in [6.07, 6.45) is 1.81. The summed E-state index contributed by atoms with van der Waals surface area (Å²) >= 11 is 0. The van der Waals surface area contributed by atoms with Crippen LogP contribution in [0.5, 0.6) is 0 Å². The van der Waals surface area contributed by atoms with Crippen molar-refractivity contribution >= 4 is 21.4 Å². The Balaban J connectivity index is 2.01. The lowest BCUT2D eigenvalue weighted by molar-refractivity contribution is 0.598. The maximum absolute atomic E-state index is 13.6. The molecule has 1 heterocycles. The van der Waals surface area contributed by atoms with Crippen LogP contribution in [0.25, 0.3) is 0 Å². The van der Waals surface area contributed by atoms with E-state index in [9.17, 15) is 12.8 Å². The highest BCUT2D eigenvalue weighted by Gasteiger charge is 2.23. The van der Waals surface area contributed by atoms with E-state index in [4.69, 9.17) is 0 Å². The van der Waals surface area contributed by atoms with Gasteiger partial charge in [-0.1, -0.05) is 24.3 Å². The Morgan fingerprint density at radius 1 is 1.10 bits per heavy atom. The summed E-state index contributed by atoms with van der Waals surface area (Å²) in [7, 11) is -3.83. The Hall–Kier alpha value is -2.08. The molecule has 0 saturated carbocycles. The van der Waals surface area contributed by atoms with E-state index < -0.39 is 15.8 Å². The van der Waals surface area contributed by atoms with E-state index in [-0.39, 0.29) is 10.6 Å². The molecule has 1 aliphatic rings. The minimum absolute atomic E-state index is 0.0501. The highest BCUT2D eigenvalue weighted by atomic mass is 32.2. The molecule has 21 heavy (non-hydrogen) atoms. The van der Waals surface area contributed by atoms with E-state index in [1.165, 1.54) is 24.3 Å². The Morgan fingerprint density at radius 2 is 1.90 bits per heavy atom. The summed E-state index contributed by atoms with van der Waals surface area (Å²) in [6.45, 7) is 0.735. The van der Waals surface area contributed by atoms with Gasteiger partial charge in [0.2, 0.25) is 0 Å². The van der Waals surface area contributed by atoms with Gasteiger partial charge in [0, 0.05) is 6.54 Å². The van der Waals surface area contributed by atoms with Crippen molar-refractivity contribution in [2.75, 3.05) is 16.6 Å². The minimum atomic E-state index is -3.83. The molecule has 0 fully saturated rings. The smallest absolute Gasteiger partial charge is 0.264 e. The second-order valence-electron chi connectivity index (χ2n) is 4.91. The Bertz CT molecular complexity index is 775. The van der Waals surface area contributed by atoms with E-state index in [2.05, 4.69) is 10.0 Å². The van der Waals surface area contributed by atoms with Crippen LogP contribution < -0.4 is 10.0 Å². The van der Waals surface area contributed by atoms with Gasteiger partial charge in [0.25, 0.3) is 10.0 Å². The number of halogens is 1. The largest absolute Gasteiger partial charge is 0.384 e. The summed E-state index contributed by atoms with van der Waals surface area (Å²) in [4.78, 5) is 0.156. The molecular formula is C15H15FN2O2S. The number of aryl methyl sites for hydroxylation is 1. The normalized spacial score (nSPS) is 14.1. The molecule has 0 amide bonds. The van der Waals surface area contributed by atoms with Crippen molar-refractivity contribution in [1.29, 1.82) is 0 Å². The number of sulfonamides is 1. The summed E-state index contributed by atoms with van der Waals surface area (Å²) in [5.74, 6) is -0.598. The molecule has 0 aliphatic carbocycles. The van der Waals surface area contributed by atoms with Crippen molar-refractivity contribution in [1.82, 2.24) is 0 Å². The molecule has 110 valence electrons. The van der Waals surface area contributed by atoms with Gasteiger partial charge >= 0.3 is 0 Å². The first kappa shape index (κ1) is 13.9. The van der Waals surface area contributed by atoms with Crippen LogP contribution in [0.2, 0.25) is 0 Å². The third-order valence-corrected chi connectivity index (χ3v) is 4.85. The van der Waals surface area contributed by atoms with Crippen LogP contribution in [0.1, 0.15) is 12.0 Å². The third-order valence-electron chi connectivity index (χ3n) is 3.44. The highest BCUT2D eigenvalue weighted by Crippen LogP contribution is 2.30. The van der Waals surface area contributed by atoms with Crippen molar-refractivity contribution in [3.8, 4) is 0 Å². The number of nitrogens with one attached hydrogen (secondary N) is 2. The molecule has 3 rings (SSSR count). The monoisotopic (exact) mass is 306 g/mol. The molecule has 0 atom stereocenters. The Morgan fingerprint density at radius 3 is 2.71 bits per heavy atom. The van der Waals surface area contributed by atoms with E-state index in [1.807, 2.05) is 6.07 Å². The second-order valence-corrected chi connectivity index (χ2v) is 6.56. The summed E-state index contributed by atoms with van der Waals surface area (Å²) in [5.41, 5.74) is 1.54. The number of benzene rings is 2. The van der Waals surface area contributed by atoms with Gasteiger partial charge in [-0.2, -0.15) is 0 Å². The van der Waals surface area contributed by atoms with Gasteiger partial charge in [-0.3, -0.25) is 4.72 Å². The zero-order valence-corrected chi connectivity index (χ0v) is 12.1. The molecule has 0 saturated heterocycles. The fourth-order valence-electron chi connectivity index (χ4n) is 2.45. The molecule has 2 N–H and O–H groups in total. The van der Waals surface area contributed by atoms with Gasteiger partial charge in [0.1, 0.15) is 10.7 Å². The van der Waals surface area contributed by atoms with Crippen molar-refractivity contribution in [3.05, 3.63) is 53.8 Å². The molecule has 0 unspecified atom stereocenters. The average Bonchev–Trinajstić information content (AvgIpc) is 2.49. The first-order chi connectivity index (χ1) is 10.1. The predicted octanol–water partition coefficient (Wildman–Crippen LogP) is 2.98. The molecule has 0 spiro atoms.